The van der Waals surface area contributed by atoms with E-state index in [2.05, 4.69) is 36.6 Å². The largest absolute Gasteiger partial charge is 0.324 e. The molecule has 0 unspecified atom stereocenters. The van der Waals surface area contributed by atoms with Gasteiger partial charge in [-0.1, -0.05) is 49.7 Å². The highest BCUT2D eigenvalue weighted by molar-refractivity contribution is 5.96. The number of carbonyl (C=O) groups is 2. The van der Waals surface area contributed by atoms with Gasteiger partial charge in [0.25, 0.3) is 0 Å². The predicted molar refractivity (Wildman–Crippen MR) is 121 cm³/mol. The first-order valence-corrected chi connectivity index (χ1v) is 10.2. The van der Waals surface area contributed by atoms with Crippen LogP contribution in [-0.2, 0) is 22.4 Å². The molecule has 156 valence electrons. The van der Waals surface area contributed by atoms with Gasteiger partial charge in [0.05, 0.1) is 13.1 Å². The quantitative estimate of drug-likeness (QED) is 0.703. The molecule has 0 fully saturated rings. The molecule has 0 spiro atoms. The first kappa shape index (κ1) is 22.6. The van der Waals surface area contributed by atoms with Gasteiger partial charge in [-0.15, -0.1) is 0 Å². The molecule has 0 atom stereocenters. The summed E-state index contributed by atoms with van der Waals surface area (Å²) in [4.78, 5) is 26.8. The summed E-state index contributed by atoms with van der Waals surface area (Å²) in [6.07, 6.45) is 1.72. The fourth-order valence-corrected chi connectivity index (χ4v) is 3.68. The summed E-state index contributed by atoms with van der Waals surface area (Å²) in [5.74, 6) is -0.239. The van der Waals surface area contributed by atoms with E-state index in [0.29, 0.717) is 0 Å². The molecule has 5 heteroatoms. The number of anilines is 2. The van der Waals surface area contributed by atoms with Crippen molar-refractivity contribution in [1.29, 1.82) is 0 Å². The van der Waals surface area contributed by atoms with Gasteiger partial charge in [0, 0.05) is 11.4 Å². The lowest BCUT2D eigenvalue weighted by Gasteiger charge is -2.19. The zero-order valence-electron chi connectivity index (χ0n) is 18.5. The lowest BCUT2D eigenvalue weighted by molar-refractivity contribution is -0.119. The fourth-order valence-electron chi connectivity index (χ4n) is 3.68. The van der Waals surface area contributed by atoms with Gasteiger partial charge < -0.3 is 10.6 Å². The Kier molecular flexibility index (Phi) is 7.97. The molecule has 5 nitrogen and oxygen atoms in total. The predicted octanol–water partition coefficient (Wildman–Crippen LogP) is 4.25. The van der Waals surface area contributed by atoms with Gasteiger partial charge in [0.1, 0.15) is 0 Å². The van der Waals surface area contributed by atoms with Crippen molar-refractivity contribution in [3.63, 3.8) is 0 Å². The summed E-state index contributed by atoms with van der Waals surface area (Å²) in [5.41, 5.74) is 7.27. The van der Waals surface area contributed by atoms with Crippen LogP contribution < -0.4 is 10.6 Å². The van der Waals surface area contributed by atoms with Crippen molar-refractivity contribution in [2.24, 2.45) is 0 Å². The van der Waals surface area contributed by atoms with Crippen molar-refractivity contribution in [3.8, 4) is 0 Å². The molecule has 29 heavy (non-hydrogen) atoms. The maximum Gasteiger partial charge on any atom is 0.238 e. The minimum Gasteiger partial charge on any atom is -0.324 e. The van der Waals surface area contributed by atoms with Crippen LogP contribution in [0, 0.1) is 20.8 Å². The Morgan fingerprint density at radius 2 is 1.28 bits per heavy atom. The second-order valence-corrected chi connectivity index (χ2v) is 7.70. The van der Waals surface area contributed by atoms with Crippen molar-refractivity contribution < 1.29 is 9.59 Å². The number of aryl methyl sites for hydroxylation is 5. The zero-order valence-corrected chi connectivity index (χ0v) is 18.5. The Balaban J connectivity index is 1.97. The van der Waals surface area contributed by atoms with Crippen molar-refractivity contribution in [2.75, 3.05) is 30.8 Å². The molecule has 0 bridgehead atoms. The van der Waals surface area contributed by atoms with E-state index in [1.54, 1.807) is 11.9 Å². The molecule has 0 saturated heterocycles. The molecular weight excluding hydrogens is 362 g/mol. The van der Waals surface area contributed by atoms with Crippen LogP contribution in [-0.4, -0.2) is 36.9 Å². The molecule has 0 aromatic heterocycles. The summed E-state index contributed by atoms with van der Waals surface area (Å²) in [6.45, 7) is 10.5. The number of likely N-dealkylation sites (N-methyl/N-ethyl adjacent to an activating group) is 1. The van der Waals surface area contributed by atoms with Crippen molar-refractivity contribution in [2.45, 2.75) is 47.5 Å². The average Bonchev–Trinajstić information content (AvgIpc) is 2.64. The summed E-state index contributed by atoms with van der Waals surface area (Å²) in [5, 5.41) is 6.03. The molecular formula is C24H33N3O2. The number of amides is 2. The molecule has 2 N–H and O–H groups in total. The molecule has 0 saturated carbocycles. The number of nitrogens with zero attached hydrogens (tertiary/aromatic N) is 1. The lowest BCUT2D eigenvalue weighted by Crippen LogP contribution is -2.36. The molecule has 2 aromatic rings. The monoisotopic (exact) mass is 395 g/mol. The van der Waals surface area contributed by atoms with Crippen molar-refractivity contribution in [3.05, 3.63) is 58.1 Å². The second kappa shape index (κ2) is 10.2. The third-order valence-corrected chi connectivity index (χ3v) is 5.03. The fraction of sp³-hybridized carbons (Fsp3) is 0.417. The van der Waals surface area contributed by atoms with E-state index >= 15 is 0 Å². The number of rotatable bonds is 8. The third-order valence-electron chi connectivity index (χ3n) is 5.03. The van der Waals surface area contributed by atoms with Gasteiger partial charge in [-0.3, -0.25) is 14.5 Å². The van der Waals surface area contributed by atoms with Crippen LogP contribution in [0.25, 0.3) is 0 Å². The number of hydrogen-bond donors (Lipinski definition) is 2. The zero-order chi connectivity index (χ0) is 21.6. The molecule has 0 aliphatic rings. The van der Waals surface area contributed by atoms with Gasteiger partial charge in [0.15, 0.2) is 0 Å². The van der Waals surface area contributed by atoms with Crippen LogP contribution >= 0.6 is 0 Å². The maximum atomic E-state index is 12.6. The maximum absolute atomic E-state index is 12.6. The molecule has 2 amide bonds. The third kappa shape index (κ3) is 6.16. The summed E-state index contributed by atoms with van der Waals surface area (Å²) >= 11 is 0. The smallest absolute Gasteiger partial charge is 0.238 e. The average molecular weight is 396 g/mol. The van der Waals surface area contributed by atoms with Crippen LogP contribution in [0.15, 0.2) is 30.3 Å². The normalized spacial score (nSPS) is 10.9. The minimum absolute atomic E-state index is 0.112. The Labute approximate surface area is 174 Å². The highest BCUT2D eigenvalue weighted by atomic mass is 16.2. The Bertz CT molecular complexity index is 844. The van der Waals surface area contributed by atoms with Crippen LogP contribution in [0.5, 0.6) is 0 Å². The SMILES string of the molecule is CCc1cccc(CC)c1NC(=O)CN(C)CC(=O)Nc1c(C)cc(C)cc1C. The molecule has 2 aromatic carbocycles. The number of hydrogen-bond acceptors (Lipinski definition) is 3. The van der Waals surface area contributed by atoms with Gasteiger partial charge in [-0.25, -0.2) is 0 Å². The summed E-state index contributed by atoms with van der Waals surface area (Å²) < 4.78 is 0. The van der Waals surface area contributed by atoms with Crippen LogP contribution in [0.3, 0.4) is 0 Å². The van der Waals surface area contributed by atoms with Crippen molar-refractivity contribution >= 4 is 23.2 Å². The van der Waals surface area contributed by atoms with Gasteiger partial charge in [-0.2, -0.15) is 0 Å². The Morgan fingerprint density at radius 3 is 1.72 bits per heavy atom. The summed E-state index contributed by atoms with van der Waals surface area (Å²) in [7, 11) is 1.78. The first-order valence-electron chi connectivity index (χ1n) is 10.2. The Hall–Kier alpha value is -2.66. The van der Waals surface area contributed by atoms with E-state index < -0.39 is 0 Å². The highest BCUT2D eigenvalue weighted by Gasteiger charge is 2.15. The number of benzene rings is 2. The van der Waals surface area contributed by atoms with Gasteiger partial charge in [-0.05, 0) is 62.9 Å². The van der Waals surface area contributed by atoms with Gasteiger partial charge >= 0.3 is 0 Å². The van der Waals surface area contributed by atoms with Crippen LogP contribution in [0.4, 0.5) is 11.4 Å². The van der Waals surface area contributed by atoms with E-state index in [9.17, 15) is 9.59 Å². The number of nitrogens with one attached hydrogen (secondary N) is 2. The number of para-hydroxylation sites is 1. The molecule has 0 radical (unpaired) electrons. The van der Waals surface area contributed by atoms with E-state index in [0.717, 1.165) is 46.5 Å². The highest BCUT2D eigenvalue weighted by Crippen LogP contribution is 2.23. The lowest BCUT2D eigenvalue weighted by atomic mass is 10.0. The Morgan fingerprint density at radius 1 is 0.828 bits per heavy atom. The van der Waals surface area contributed by atoms with E-state index in [1.165, 1.54) is 5.56 Å². The number of carbonyl (C=O) groups excluding carboxylic acids is 2. The van der Waals surface area contributed by atoms with E-state index in [1.807, 2.05) is 39.0 Å². The van der Waals surface area contributed by atoms with Crippen LogP contribution in [0.2, 0.25) is 0 Å². The minimum atomic E-state index is -0.126. The molecule has 2 rings (SSSR count). The molecule has 0 aliphatic carbocycles. The van der Waals surface area contributed by atoms with Crippen molar-refractivity contribution in [1.82, 2.24) is 4.90 Å². The van der Waals surface area contributed by atoms with E-state index in [4.69, 9.17) is 0 Å². The standard InChI is InChI=1S/C24H33N3O2/c1-7-19-10-9-11-20(8-2)24(19)26-22(29)15-27(6)14-21(28)25-23-17(4)12-16(3)13-18(23)5/h9-13H,7-8,14-15H2,1-6H3,(H,25,28)(H,26,29). The molecule has 0 aliphatic heterocycles. The topological polar surface area (TPSA) is 61.4 Å². The van der Waals surface area contributed by atoms with Crippen LogP contribution in [0.1, 0.15) is 41.7 Å². The summed E-state index contributed by atoms with van der Waals surface area (Å²) in [6, 6.07) is 10.2. The van der Waals surface area contributed by atoms with Gasteiger partial charge in [0.2, 0.25) is 11.8 Å². The second-order valence-electron chi connectivity index (χ2n) is 7.70. The first-order chi connectivity index (χ1) is 13.7. The molecule has 0 heterocycles. The van der Waals surface area contributed by atoms with E-state index in [-0.39, 0.29) is 24.9 Å².